The minimum Gasteiger partial charge on any atom is -0.353 e. The zero-order valence-corrected chi connectivity index (χ0v) is 15.4. The number of aromatic amines is 2. The number of hydrogen-bond acceptors (Lipinski definition) is 7. The van der Waals surface area contributed by atoms with Crippen molar-refractivity contribution in [2.75, 3.05) is 0 Å². The van der Waals surface area contributed by atoms with Gasteiger partial charge in [-0.05, 0) is 18.2 Å². The molecule has 4 aromatic heterocycles. The average Bonchev–Trinajstić information content (AvgIpc) is 3.49. The molecule has 0 atom stereocenters. The standard InChI is InChI=1S/C18H11F3N8O2/c19-18(20,21)8-1-2-11-12(3-8)27-16(26-11)13-4-9(29-31-13)5-22-17(30)14-10-6-25-28-15(10)24-7-23-14/h1-4,6-7H,5H2,(H,22,30)(H,26,27)(H,23,24,25,28). The molecule has 156 valence electrons. The van der Waals surface area contributed by atoms with E-state index in [0.717, 1.165) is 12.1 Å². The van der Waals surface area contributed by atoms with Crippen LogP contribution in [0.3, 0.4) is 0 Å². The van der Waals surface area contributed by atoms with Crippen LogP contribution in [0.1, 0.15) is 21.7 Å². The van der Waals surface area contributed by atoms with Gasteiger partial charge in [0.25, 0.3) is 5.91 Å². The van der Waals surface area contributed by atoms with E-state index < -0.39 is 17.6 Å². The largest absolute Gasteiger partial charge is 0.416 e. The number of nitrogens with zero attached hydrogens (tertiary/aromatic N) is 5. The predicted octanol–water partition coefficient (Wildman–Crippen LogP) is 2.83. The Morgan fingerprint density at radius 3 is 2.90 bits per heavy atom. The molecule has 5 rings (SSSR count). The van der Waals surface area contributed by atoms with Gasteiger partial charge in [0.15, 0.2) is 11.5 Å². The number of fused-ring (bicyclic) bond motifs is 2. The summed E-state index contributed by atoms with van der Waals surface area (Å²) in [7, 11) is 0. The molecule has 0 radical (unpaired) electrons. The molecule has 0 unspecified atom stereocenters. The number of carbonyl (C=O) groups excluding carboxylic acids is 1. The predicted molar refractivity (Wildman–Crippen MR) is 99.4 cm³/mol. The van der Waals surface area contributed by atoms with Crippen molar-refractivity contribution < 1.29 is 22.5 Å². The molecule has 31 heavy (non-hydrogen) atoms. The number of halogens is 3. The number of rotatable bonds is 4. The second kappa shape index (κ2) is 6.90. The number of hydrogen-bond donors (Lipinski definition) is 3. The van der Waals surface area contributed by atoms with E-state index in [1.807, 2.05) is 0 Å². The van der Waals surface area contributed by atoms with Crippen LogP contribution in [0, 0.1) is 0 Å². The topological polar surface area (TPSA) is 138 Å². The average molecular weight is 428 g/mol. The van der Waals surface area contributed by atoms with Gasteiger partial charge >= 0.3 is 6.18 Å². The first-order valence-electron chi connectivity index (χ1n) is 8.84. The molecule has 3 N–H and O–H groups in total. The van der Waals surface area contributed by atoms with Crippen molar-refractivity contribution in [3.05, 3.63) is 53.7 Å². The number of carbonyl (C=O) groups is 1. The first kappa shape index (κ1) is 18.7. The van der Waals surface area contributed by atoms with E-state index in [9.17, 15) is 18.0 Å². The first-order chi connectivity index (χ1) is 14.9. The minimum absolute atomic E-state index is 0.0319. The monoisotopic (exact) mass is 428 g/mol. The first-order valence-corrected chi connectivity index (χ1v) is 8.84. The van der Waals surface area contributed by atoms with Gasteiger partial charge in [0.05, 0.1) is 34.7 Å². The van der Waals surface area contributed by atoms with E-state index in [4.69, 9.17) is 4.52 Å². The summed E-state index contributed by atoms with van der Waals surface area (Å²) in [5.41, 5.74) is 0.749. The molecular weight excluding hydrogens is 417 g/mol. The zero-order valence-electron chi connectivity index (χ0n) is 15.4. The molecule has 0 saturated heterocycles. The van der Waals surface area contributed by atoms with Crippen LogP contribution < -0.4 is 5.32 Å². The van der Waals surface area contributed by atoms with E-state index in [-0.39, 0.29) is 29.3 Å². The van der Waals surface area contributed by atoms with E-state index in [0.29, 0.717) is 22.2 Å². The van der Waals surface area contributed by atoms with Crippen LogP contribution in [0.15, 0.2) is 41.3 Å². The van der Waals surface area contributed by atoms with E-state index in [1.54, 1.807) is 0 Å². The Labute approximate surface area is 169 Å². The van der Waals surface area contributed by atoms with Gasteiger partial charge in [-0.25, -0.2) is 15.0 Å². The normalized spacial score (nSPS) is 12.0. The lowest BCUT2D eigenvalue weighted by Crippen LogP contribution is -2.24. The summed E-state index contributed by atoms with van der Waals surface area (Å²) in [4.78, 5) is 27.4. The van der Waals surface area contributed by atoms with Gasteiger partial charge < -0.3 is 14.8 Å². The molecule has 0 aliphatic rings. The van der Waals surface area contributed by atoms with E-state index in [2.05, 4.69) is 40.6 Å². The molecule has 1 amide bonds. The zero-order chi connectivity index (χ0) is 21.6. The maximum absolute atomic E-state index is 12.9. The molecule has 0 fully saturated rings. The fourth-order valence-electron chi connectivity index (χ4n) is 3.01. The summed E-state index contributed by atoms with van der Waals surface area (Å²) in [6.45, 7) is 0.0319. The van der Waals surface area contributed by atoms with Gasteiger partial charge in [-0.15, -0.1) is 0 Å². The van der Waals surface area contributed by atoms with Crippen molar-refractivity contribution in [3.63, 3.8) is 0 Å². The van der Waals surface area contributed by atoms with Crippen LogP contribution in [0.25, 0.3) is 33.7 Å². The molecule has 5 aromatic rings. The Morgan fingerprint density at radius 2 is 2.06 bits per heavy atom. The van der Waals surface area contributed by atoms with Gasteiger partial charge in [0.1, 0.15) is 17.7 Å². The van der Waals surface area contributed by atoms with Crippen LogP contribution in [0.2, 0.25) is 0 Å². The SMILES string of the molecule is O=C(NCc1cc(-c2nc3ccc(C(F)(F)F)cc3[nH]2)on1)c1ncnc2[nH]ncc12. The van der Waals surface area contributed by atoms with Gasteiger partial charge in [-0.2, -0.15) is 18.3 Å². The summed E-state index contributed by atoms with van der Waals surface area (Å²) < 4.78 is 43.9. The van der Waals surface area contributed by atoms with E-state index >= 15 is 0 Å². The maximum atomic E-state index is 12.9. The Morgan fingerprint density at radius 1 is 1.19 bits per heavy atom. The third kappa shape index (κ3) is 3.45. The van der Waals surface area contributed by atoms with Gasteiger partial charge in [-0.1, -0.05) is 5.16 Å². The summed E-state index contributed by atoms with van der Waals surface area (Å²) in [6, 6.07) is 4.73. The van der Waals surface area contributed by atoms with Crippen molar-refractivity contribution in [2.24, 2.45) is 0 Å². The Balaban J connectivity index is 1.33. The molecule has 0 spiro atoms. The third-order valence-electron chi connectivity index (χ3n) is 4.49. The van der Waals surface area contributed by atoms with Crippen molar-refractivity contribution >= 4 is 28.0 Å². The molecule has 4 heterocycles. The fraction of sp³-hybridized carbons (Fsp3) is 0.111. The quantitative estimate of drug-likeness (QED) is 0.400. The summed E-state index contributed by atoms with van der Waals surface area (Å²) in [5.74, 6) is -0.0228. The summed E-state index contributed by atoms with van der Waals surface area (Å²) in [5, 5.41) is 13.5. The minimum atomic E-state index is -4.46. The number of imidazole rings is 1. The lowest BCUT2D eigenvalue weighted by Gasteiger charge is -2.05. The number of aromatic nitrogens is 7. The molecule has 0 aliphatic carbocycles. The third-order valence-corrected chi connectivity index (χ3v) is 4.49. The van der Waals surface area contributed by atoms with Crippen LogP contribution in [0.4, 0.5) is 13.2 Å². The lowest BCUT2D eigenvalue weighted by atomic mass is 10.2. The van der Waals surface area contributed by atoms with Crippen LogP contribution >= 0.6 is 0 Å². The Hall–Kier alpha value is -4.29. The second-order valence-corrected chi connectivity index (χ2v) is 6.53. The molecule has 13 heteroatoms. The number of amides is 1. The van der Waals surface area contributed by atoms with Gasteiger partial charge in [0, 0.05) is 6.07 Å². The highest BCUT2D eigenvalue weighted by Crippen LogP contribution is 2.31. The molecule has 0 aliphatic heterocycles. The molecule has 0 saturated carbocycles. The van der Waals surface area contributed by atoms with Crippen molar-refractivity contribution in [2.45, 2.75) is 12.7 Å². The second-order valence-electron chi connectivity index (χ2n) is 6.53. The number of benzene rings is 1. The van der Waals surface area contributed by atoms with Crippen LogP contribution in [0.5, 0.6) is 0 Å². The highest BCUT2D eigenvalue weighted by molar-refractivity contribution is 6.03. The van der Waals surface area contributed by atoms with Crippen molar-refractivity contribution in [1.29, 1.82) is 0 Å². The summed E-state index contributed by atoms with van der Waals surface area (Å²) >= 11 is 0. The van der Waals surface area contributed by atoms with Crippen molar-refractivity contribution in [1.82, 2.24) is 40.6 Å². The number of nitrogens with one attached hydrogen (secondary N) is 3. The molecular formula is C18H11F3N8O2. The number of alkyl halides is 3. The Bertz CT molecular complexity index is 1420. The highest BCUT2D eigenvalue weighted by Gasteiger charge is 2.30. The fourth-order valence-corrected chi connectivity index (χ4v) is 3.01. The highest BCUT2D eigenvalue weighted by atomic mass is 19.4. The maximum Gasteiger partial charge on any atom is 0.416 e. The Kier molecular flexibility index (Phi) is 4.16. The molecule has 1 aromatic carbocycles. The van der Waals surface area contributed by atoms with E-state index in [1.165, 1.54) is 24.7 Å². The molecule has 10 nitrogen and oxygen atoms in total. The van der Waals surface area contributed by atoms with Crippen LogP contribution in [-0.4, -0.2) is 41.2 Å². The van der Waals surface area contributed by atoms with Gasteiger partial charge in [0.2, 0.25) is 5.76 Å². The smallest absolute Gasteiger partial charge is 0.353 e. The lowest BCUT2D eigenvalue weighted by molar-refractivity contribution is -0.137. The molecule has 0 bridgehead atoms. The van der Waals surface area contributed by atoms with Crippen LogP contribution in [-0.2, 0) is 12.7 Å². The van der Waals surface area contributed by atoms with Crippen molar-refractivity contribution in [3.8, 4) is 11.6 Å². The summed E-state index contributed by atoms with van der Waals surface area (Å²) in [6.07, 6.45) is -1.76. The number of H-pyrrole nitrogens is 2. The van der Waals surface area contributed by atoms with Gasteiger partial charge in [-0.3, -0.25) is 9.89 Å².